The molecule has 120 valence electrons. The first-order valence-corrected chi connectivity index (χ1v) is 6.47. The van der Waals surface area contributed by atoms with Gasteiger partial charge in [0.05, 0.1) is 17.1 Å². The molecule has 10 heteroatoms. The van der Waals surface area contributed by atoms with E-state index in [0.29, 0.717) is 4.90 Å². The van der Waals surface area contributed by atoms with E-state index in [4.69, 9.17) is 0 Å². The highest BCUT2D eigenvalue weighted by Gasteiger charge is 2.41. The Morgan fingerprint density at radius 3 is 2.61 bits per heavy atom. The summed E-state index contributed by atoms with van der Waals surface area (Å²) in [6.07, 6.45) is -1.01. The predicted molar refractivity (Wildman–Crippen MR) is 73.6 cm³/mol. The molecule has 0 fully saturated rings. The smallest absolute Gasteiger partial charge is 0.413 e. The molecule has 0 saturated heterocycles. The normalized spacial score (nSPS) is 12.8. The van der Waals surface area contributed by atoms with Gasteiger partial charge in [-0.25, -0.2) is 4.79 Å². The number of imide groups is 2. The van der Waals surface area contributed by atoms with Gasteiger partial charge in [0.15, 0.2) is 0 Å². The molecule has 4 amide bonds. The molecule has 0 unspecified atom stereocenters. The molecule has 23 heavy (non-hydrogen) atoms. The third-order valence-electron chi connectivity index (χ3n) is 2.99. The molecule has 1 aliphatic heterocycles. The van der Waals surface area contributed by atoms with Crippen molar-refractivity contribution in [2.75, 3.05) is 13.2 Å². The number of carbonyl (C=O) groups is 4. The Hall–Kier alpha value is -3.30. The first-order chi connectivity index (χ1) is 10.9. The molecule has 10 nitrogen and oxygen atoms in total. The van der Waals surface area contributed by atoms with Gasteiger partial charge in [-0.1, -0.05) is 6.07 Å². The summed E-state index contributed by atoms with van der Waals surface area (Å²) in [5.41, 5.74) is -1.05. The van der Waals surface area contributed by atoms with Crippen LogP contribution in [0.3, 0.4) is 0 Å². The van der Waals surface area contributed by atoms with Crippen molar-refractivity contribution in [3.05, 3.63) is 39.4 Å². The van der Waals surface area contributed by atoms with Gasteiger partial charge in [0.25, 0.3) is 17.5 Å². The monoisotopic (exact) mass is 321 g/mol. The molecule has 0 aliphatic carbocycles. The maximum absolute atomic E-state index is 12.2. The van der Waals surface area contributed by atoms with E-state index < -0.39 is 41.0 Å². The third kappa shape index (κ3) is 3.00. The summed E-state index contributed by atoms with van der Waals surface area (Å²) in [7, 11) is 0. The van der Waals surface area contributed by atoms with Crippen molar-refractivity contribution in [3.8, 4) is 0 Å². The minimum absolute atomic E-state index is 0.0400. The third-order valence-corrected chi connectivity index (χ3v) is 2.99. The minimum atomic E-state index is -1.01. The lowest BCUT2D eigenvalue weighted by atomic mass is 10.1. The summed E-state index contributed by atoms with van der Waals surface area (Å²) in [5.74, 6) is -2.75. The second-order valence-electron chi connectivity index (χ2n) is 4.42. The van der Waals surface area contributed by atoms with E-state index in [0.717, 1.165) is 6.07 Å². The summed E-state index contributed by atoms with van der Waals surface area (Å²) in [6, 6.07) is 3.61. The van der Waals surface area contributed by atoms with E-state index in [9.17, 15) is 29.3 Å². The van der Waals surface area contributed by atoms with Gasteiger partial charge in [0, 0.05) is 6.07 Å². The molecule has 1 aromatic rings. The standard InChI is InChI=1S/C13H11N3O7/c1-2-23-13(20)14-9(17)6-15-11(18)7-4-3-5-8(16(21)22)10(7)12(15)19/h3-5H,2,6H2,1H3,(H,14,17,20). The molecule has 1 N–H and O–H groups in total. The number of nitrogens with one attached hydrogen (secondary N) is 1. The lowest BCUT2D eigenvalue weighted by Crippen LogP contribution is -2.42. The van der Waals surface area contributed by atoms with Crippen LogP contribution in [0.15, 0.2) is 18.2 Å². The number of ether oxygens (including phenoxy) is 1. The van der Waals surface area contributed by atoms with Crippen LogP contribution in [0.1, 0.15) is 27.6 Å². The molecular formula is C13H11N3O7. The van der Waals surface area contributed by atoms with Crippen molar-refractivity contribution in [2.45, 2.75) is 6.92 Å². The Balaban J connectivity index is 2.21. The molecule has 0 radical (unpaired) electrons. The van der Waals surface area contributed by atoms with Crippen LogP contribution in [0.5, 0.6) is 0 Å². The number of hydrogen-bond acceptors (Lipinski definition) is 7. The summed E-state index contributed by atoms with van der Waals surface area (Å²) in [5, 5.41) is 12.8. The fourth-order valence-electron chi connectivity index (χ4n) is 2.08. The highest BCUT2D eigenvalue weighted by Crippen LogP contribution is 2.30. The van der Waals surface area contributed by atoms with E-state index in [1.54, 1.807) is 0 Å². The first kappa shape index (κ1) is 16.1. The number of fused-ring (bicyclic) bond motifs is 1. The van der Waals surface area contributed by atoms with Crippen molar-refractivity contribution < 1.29 is 28.8 Å². The number of nitrogens with zero attached hydrogens (tertiary/aromatic N) is 2. The highest BCUT2D eigenvalue weighted by atomic mass is 16.6. The van der Waals surface area contributed by atoms with Crippen molar-refractivity contribution in [1.29, 1.82) is 0 Å². The molecule has 0 atom stereocenters. The Bertz CT molecular complexity index is 728. The number of amides is 4. The number of nitro benzene ring substituents is 1. The maximum atomic E-state index is 12.2. The van der Waals surface area contributed by atoms with E-state index in [1.807, 2.05) is 5.32 Å². The molecule has 0 saturated carbocycles. The van der Waals surface area contributed by atoms with Crippen LogP contribution in [0, 0.1) is 10.1 Å². The molecule has 2 rings (SSSR count). The SMILES string of the molecule is CCOC(=O)NC(=O)CN1C(=O)c2cccc([N+](=O)[O-])c2C1=O. The van der Waals surface area contributed by atoms with Crippen molar-refractivity contribution >= 4 is 29.5 Å². The van der Waals surface area contributed by atoms with Gasteiger partial charge in [-0.3, -0.25) is 34.7 Å². The highest BCUT2D eigenvalue weighted by molar-refractivity contribution is 6.24. The van der Waals surface area contributed by atoms with Crippen molar-refractivity contribution in [1.82, 2.24) is 10.2 Å². The van der Waals surface area contributed by atoms with Crippen LogP contribution in [0.2, 0.25) is 0 Å². The molecule has 0 spiro atoms. The van der Waals surface area contributed by atoms with E-state index in [-0.39, 0.29) is 17.7 Å². The number of rotatable bonds is 4. The van der Waals surface area contributed by atoms with E-state index in [1.165, 1.54) is 19.1 Å². The number of benzene rings is 1. The van der Waals surface area contributed by atoms with Gasteiger partial charge in [0.2, 0.25) is 5.91 Å². The Morgan fingerprint density at radius 1 is 1.30 bits per heavy atom. The summed E-state index contributed by atoms with van der Waals surface area (Å²) < 4.78 is 4.49. The molecule has 1 heterocycles. The van der Waals surface area contributed by atoms with Gasteiger partial charge in [0.1, 0.15) is 12.1 Å². The van der Waals surface area contributed by atoms with Crippen LogP contribution < -0.4 is 5.32 Å². The van der Waals surface area contributed by atoms with Gasteiger partial charge < -0.3 is 4.74 Å². The van der Waals surface area contributed by atoms with Gasteiger partial charge >= 0.3 is 6.09 Å². The molecular weight excluding hydrogens is 310 g/mol. The quantitative estimate of drug-likeness (QED) is 0.483. The topological polar surface area (TPSA) is 136 Å². The van der Waals surface area contributed by atoms with Crippen LogP contribution in [-0.2, 0) is 9.53 Å². The second kappa shape index (κ2) is 6.22. The molecule has 1 aliphatic rings. The fourth-order valence-corrected chi connectivity index (χ4v) is 2.08. The zero-order chi connectivity index (χ0) is 17.1. The van der Waals surface area contributed by atoms with Crippen molar-refractivity contribution in [3.63, 3.8) is 0 Å². The predicted octanol–water partition coefficient (Wildman–Crippen LogP) is 0.463. The largest absolute Gasteiger partial charge is 0.450 e. The number of hydrogen-bond donors (Lipinski definition) is 1. The summed E-state index contributed by atoms with van der Waals surface area (Å²) >= 11 is 0. The van der Waals surface area contributed by atoms with Crippen molar-refractivity contribution in [2.24, 2.45) is 0 Å². The molecule has 0 bridgehead atoms. The Labute approximate surface area is 129 Å². The number of alkyl carbamates (subject to hydrolysis) is 1. The van der Waals surface area contributed by atoms with Crippen LogP contribution in [0.4, 0.5) is 10.5 Å². The molecule has 1 aromatic carbocycles. The summed E-state index contributed by atoms with van der Waals surface area (Å²) in [4.78, 5) is 57.8. The van der Waals surface area contributed by atoms with Gasteiger partial charge in [-0.2, -0.15) is 0 Å². The lowest BCUT2D eigenvalue weighted by molar-refractivity contribution is -0.385. The summed E-state index contributed by atoms with van der Waals surface area (Å²) in [6.45, 7) is 0.827. The van der Waals surface area contributed by atoms with Crippen LogP contribution in [-0.4, -0.2) is 46.8 Å². The maximum Gasteiger partial charge on any atom is 0.413 e. The first-order valence-electron chi connectivity index (χ1n) is 6.47. The lowest BCUT2D eigenvalue weighted by Gasteiger charge is -2.12. The molecule has 0 aromatic heterocycles. The average molecular weight is 321 g/mol. The Kier molecular flexibility index (Phi) is 4.35. The second-order valence-corrected chi connectivity index (χ2v) is 4.42. The number of nitro groups is 1. The minimum Gasteiger partial charge on any atom is -0.450 e. The Morgan fingerprint density at radius 2 is 2.00 bits per heavy atom. The average Bonchev–Trinajstić information content (AvgIpc) is 2.72. The van der Waals surface area contributed by atoms with E-state index >= 15 is 0 Å². The zero-order valence-electron chi connectivity index (χ0n) is 11.9. The van der Waals surface area contributed by atoms with Gasteiger partial charge in [-0.05, 0) is 13.0 Å². The van der Waals surface area contributed by atoms with Crippen LogP contribution >= 0.6 is 0 Å². The van der Waals surface area contributed by atoms with Gasteiger partial charge in [-0.15, -0.1) is 0 Å². The fraction of sp³-hybridized carbons (Fsp3) is 0.231. The number of carbonyl (C=O) groups excluding carboxylic acids is 4. The zero-order valence-corrected chi connectivity index (χ0v) is 11.9. The van der Waals surface area contributed by atoms with E-state index in [2.05, 4.69) is 4.74 Å². The van der Waals surface area contributed by atoms with Crippen LogP contribution in [0.25, 0.3) is 0 Å².